The Labute approximate surface area is 220 Å². The van der Waals surface area contributed by atoms with Crippen LogP contribution in [0.15, 0.2) is 62.8 Å². The summed E-state index contributed by atoms with van der Waals surface area (Å²) in [6.07, 6.45) is 7.43. The number of halogens is 1. The molecule has 188 valence electrons. The molecule has 2 atom stereocenters. The Bertz CT molecular complexity index is 1330. The van der Waals surface area contributed by atoms with Crippen LogP contribution in [0.4, 0.5) is 0 Å². The maximum atomic E-state index is 6.79. The van der Waals surface area contributed by atoms with Crippen LogP contribution >= 0.6 is 23.4 Å². The lowest BCUT2D eigenvalue weighted by atomic mass is 9.73. The first kappa shape index (κ1) is 25.0. The van der Waals surface area contributed by atoms with Crippen LogP contribution in [0.2, 0.25) is 5.02 Å². The van der Waals surface area contributed by atoms with Crippen molar-refractivity contribution in [3.8, 4) is 11.3 Å². The van der Waals surface area contributed by atoms with Gasteiger partial charge in [-0.25, -0.2) is 15.0 Å². The maximum Gasteiger partial charge on any atom is 0.156 e. The summed E-state index contributed by atoms with van der Waals surface area (Å²) in [5.74, 6) is 0.946. The molecule has 2 aromatic heterocycles. The molecular formula is C26H30ClN7OS. The number of ether oxygens (including phenoxy) is 1. The number of likely N-dealkylation sites (tertiary alicyclic amines) is 1. The van der Waals surface area contributed by atoms with Gasteiger partial charge in [0.15, 0.2) is 5.65 Å². The molecule has 0 unspecified atom stereocenters. The van der Waals surface area contributed by atoms with Crippen LogP contribution in [0, 0.1) is 5.41 Å². The molecule has 0 radical (unpaired) electrons. The van der Waals surface area contributed by atoms with Gasteiger partial charge >= 0.3 is 0 Å². The predicted molar refractivity (Wildman–Crippen MR) is 148 cm³/mol. The Morgan fingerprint density at radius 1 is 1.36 bits per heavy atom. The van der Waals surface area contributed by atoms with Crippen LogP contribution in [0.25, 0.3) is 22.4 Å². The van der Waals surface area contributed by atoms with Gasteiger partial charge in [-0.3, -0.25) is 4.99 Å². The summed E-state index contributed by atoms with van der Waals surface area (Å²) in [4.78, 5) is 24.2. The van der Waals surface area contributed by atoms with Gasteiger partial charge in [0, 0.05) is 41.2 Å². The number of amidine groups is 1. The van der Waals surface area contributed by atoms with Crippen molar-refractivity contribution in [2.45, 2.75) is 43.7 Å². The van der Waals surface area contributed by atoms with Gasteiger partial charge in [-0.1, -0.05) is 35.5 Å². The Kier molecular flexibility index (Phi) is 7.16. The summed E-state index contributed by atoms with van der Waals surface area (Å²) in [5, 5.41) is 1.25. The first-order chi connectivity index (χ1) is 17.4. The number of fused-ring (bicyclic) bond motifs is 1. The molecule has 1 aromatic carbocycles. The lowest BCUT2D eigenvalue weighted by molar-refractivity contribution is 0.0838. The number of benzene rings is 1. The van der Waals surface area contributed by atoms with Crippen LogP contribution in [0.1, 0.15) is 26.7 Å². The van der Waals surface area contributed by atoms with E-state index >= 15 is 0 Å². The number of aromatic amines is 1. The minimum atomic E-state index is 0.0908. The van der Waals surface area contributed by atoms with Gasteiger partial charge in [0.05, 0.1) is 35.8 Å². The summed E-state index contributed by atoms with van der Waals surface area (Å²) in [5.41, 5.74) is 9.60. The molecule has 0 bridgehead atoms. The van der Waals surface area contributed by atoms with Gasteiger partial charge in [-0.05, 0) is 45.5 Å². The van der Waals surface area contributed by atoms with Crippen molar-refractivity contribution in [3.05, 3.63) is 52.9 Å². The van der Waals surface area contributed by atoms with E-state index in [0.29, 0.717) is 15.7 Å². The van der Waals surface area contributed by atoms with Gasteiger partial charge in [-0.15, -0.1) is 0 Å². The Morgan fingerprint density at radius 2 is 2.17 bits per heavy atom. The summed E-state index contributed by atoms with van der Waals surface area (Å²) >= 11 is 8.21. The smallest absolute Gasteiger partial charge is 0.156 e. The number of nitrogens with two attached hydrogens (primary N) is 1. The number of hydrogen-bond acceptors (Lipinski definition) is 7. The normalized spacial score (nSPS) is 22.5. The second-order valence-electron chi connectivity index (χ2n) is 9.38. The fourth-order valence-corrected chi connectivity index (χ4v) is 6.02. The molecule has 5 rings (SSSR count). The van der Waals surface area contributed by atoms with E-state index in [1.807, 2.05) is 37.4 Å². The predicted octanol–water partition coefficient (Wildman–Crippen LogP) is 5.12. The van der Waals surface area contributed by atoms with E-state index in [2.05, 4.69) is 38.5 Å². The Balaban J connectivity index is 1.29. The second kappa shape index (κ2) is 10.3. The van der Waals surface area contributed by atoms with Crippen molar-refractivity contribution in [1.29, 1.82) is 0 Å². The molecule has 2 aliphatic rings. The highest BCUT2D eigenvalue weighted by molar-refractivity contribution is 8.03. The van der Waals surface area contributed by atoms with Crippen molar-refractivity contribution in [1.82, 2.24) is 19.9 Å². The van der Waals surface area contributed by atoms with E-state index in [-0.39, 0.29) is 17.6 Å². The number of piperidine rings is 1. The zero-order chi connectivity index (χ0) is 25.3. The minimum Gasteiger partial charge on any atom is -0.376 e. The molecule has 2 fully saturated rings. The first-order valence-electron chi connectivity index (χ1n) is 12.0. The highest BCUT2D eigenvalue weighted by Gasteiger charge is 2.47. The van der Waals surface area contributed by atoms with Crippen molar-refractivity contribution in [2.75, 3.05) is 19.7 Å². The van der Waals surface area contributed by atoms with E-state index in [0.717, 1.165) is 60.0 Å². The monoisotopic (exact) mass is 523 g/mol. The highest BCUT2D eigenvalue weighted by atomic mass is 35.5. The van der Waals surface area contributed by atoms with Gasteiger partial charge < -0.3 is 20.4 Å². The quantitative estimate of drug-likeness (QED) is 0.273. The van der Waals surface area contributed by atoms with Crippen LogP contribution in [0.5, 0.6) is 0 Å². The molecule has 0 aliphatic carbocycles. The Morgan fingerprint density at radius 3 is 2.89 bits per heavy atom. The van der Waals surface area contributed by atoms with E-state index in [1.165, 1.54) is 11.8 Å². The molecule has 2 aliphatic heterocycles. The van der Waals surface area contributed by atoms with Crippen molar-refractivity contribution in [3.63, 3.8) is 0 Å². The fraction of sp³-hybridized carbons (Fsp3) is 0.385. The van der Waals surface area contributed by atoms with Gasteiger partial charge in [0.2, 0.25) is 0 Å². The third-order valence-electron chi connectivity index (χ3n) is 7.30. The number of nitrogens with zero attached hydrogens (tertiary/aromatic N) is 5. The average Bonchev–Trinajstić information content (AvgIpc) is 3.48. The molecule has 0 amide bonds. The van der Waals surface area contributed by atoms with Crippen LogP contribution < -0.4 is 5.73 Å². The van der Waals surface area contributed by atoms with E-state index in [9.17, 15) is 0 Å². The molecule has 3 N–H and O–H groups in total. The number of aromatic nitrogens is 3. The molecule has 4 heterocycles. The number of hydrogen-bond donors (Lipinski definition) is 2. The molecule has 8 nitrogen and oxygen atoms in total. The fourth-order valence-electron chi connectivity index (χ4n) is 4.94. The third kappa shape index (κ3) is 4.80. The van der Waals surface area contributed by atoms with Gasteiger partial charge in [0.25, 0.3) is 0 Å². The number of H-pyrrole nitrogens is 1. The number of rotatable bonds is 5. The van der Waals surface area contributed by atoms with Crippen molar-refractivity contribution < 1.29 is 4.74 Å². The minimum absolute atomic E-state index is 0.0908. The molecule has 10 heteroatoms. The van der Waals surface area contributed by atoms with Gasteiger partial charge in [-0.2, -0.15) is 0 Å². The Hall–Kier alpha value is -2.72. The molecule has 36 heavy (non-hydrogen) atoms. The summed E-state index contributed by atoms with van der Waals surface area (Å²) in [6, 6.07) is 7.82. The number of aliphatic imine (C=N–C) groups is 2. The topological polar surface area (TPSA) is 105 Å². The molecular weight excluding hydrogens is 494 g/mol. The molecule has 1 spiro atoms. The van der Waals surface area contributed by atoms with Gasteiger partial charge in [0.1, 0.15) is 16.4 Å². The molecule has 2 saturated heterocycles. The van der Waals surface area contributed by atoms with Crippen LogP contribution in [0.3, 0.4) is 0 Å². The second-order valence-corrected chi connectivity index (χ2v) is 10.8. The number of thioether (sulfide) groups is 1. The SMILES string of the molecule is C=N/C(=C\N=C(/C)N1CCC2(CC1)CO[C@@H](C)[C@H]2N)Sc1cccc(-c2cnc3[nH]ccc3n2)c1Cl. The zero-order valence-corrected chi connectivity index (χ0v) is 22.0. The first-order valence-corrected chi connectivity index (χ1v) is 13.2. The van der Waals surface area contributed by atoms with Crippen LogP contribution in [-0.4, -0.2) is 64.2 Å². The largest absolute Gasteiger partial charge is 0.376 e. The molecule has 0 saturated carbocycles. The van der Waals surface area contributed by atoms with Crippen LogP contribution in [-0.2, 0) is 4.74 Å². The van der Waals surface area contributed by atoms with E-state index < -0.39 is 0 Å². The van der Waals surface area contributed by atoms with Crippen molar-refractivity contribution >= 4 is 47.1 Å². The number of nitrogens with one attached hydrogen (secondary N) is 1. The average molecular weight is 524 g/mol. The lowest BCUT2D eigenvalue weighted by Gasteiger charge is -2.41. The van der Waals surface area contributed by atoms with E-state index in [1.54, 1.807) is 12.4 Å². The maximum absolute atomic E-state index is 6.79. The van der Waals surface area contributed by atoms with E-state index in [4.69, 9.17) is 27.1 Å². The zero-order valence-electron chi connectivity index (χ0n) is 20.4. The summed E-state index contributed by atoms with van der Waals surface area (Å²) in [7, 11) is 0. The lowest BCUT2D eigenvalue weighted by Crippen LogP contribution is -2.51. The third-order valence-corrected chi connectivity index (χ3v) is 8.82. The van der Waals surface area contributed by atoms with Crippen molar-refractivity contribution in [2.24, 2.45) is 21.1 Å². The molecule has 3 aromatic rings. The summed E-state index contributed by atoms with van der Waals surface area (Å²) < 4.78 is 5.84. The standard InChI is InChI=1S/C26H30ClN7OS/c1-16-24(28)26(15-35-16)8-11-34(12-9-26)17(2)31-14-22(29-3)36-21-6-4-5-18(23(21)27)20-13-32-25-19(33-20)7-10-30-25/h4-7,10,13-14,16,24H,3,8-9,11-12,15,28H2,1-2H3,(H,30,32)/b22-14+,31-17+/t16-,24+/m0/s1. The highest BCUT2D eigenvalue weighted by Crippen LogP contribution is 2.41. The summed E-state index contributed by atoms with van der Waals surface area (Å²) in [6.45, 7) is 10.4.